The molecule has 27 nitrogen and oxygen atoms in total. The second-order valence-corrected chi connectivity index (χ2v) is 17.3. The summed E-state index contributed by atoms with van der Waals surface area (Å²) in [6.45, 7) is -4.18. The second-order valence-electron chi connectivity index (χ2n) is 17.3. The van der Waals surface area contributed by atoms with Gasteiger partial charge >= 0.3 is 17.9 Å². The van der Waals surface area contributed by atoms with Gasteiger partial charge in [0.2, 0.25) is 17.3 Å². The molecule has 428 valence electrons. The van der Waals surface area contributed by atoms with Crippen LogP contribution in [-0.4, -0.2) is 224 Å². The minimum absolute atomic E-state index is 0.0104. The number of ether oxygens (including phenoxy) is 14. The van der Waals surface area contributed by atoms with E-state index in [1.165, 1.54) is 103 Å². The monoisotopic (exact) mass is 1110 g/mol. The van der Waals surface area contributed by atoms with Crippen LogP contribution in [0.15, 0.2) is 60.7 Å². The first-order chi connectivity index (χ1) is 37.3. The Bertz CT molecular complexity index is 2570. The number of phenols is 2. The van der Waals surface area contributed by atoms with E-state index in [0.29, 0.717) is 16.7 Å². The third kappa shape index (κ3) is 13.7. The Balaban J connectivity index is 1.36. The Morgan fingerprint density at radius 1 is 0.551 bits per heavy atom. The second kappa shape index (κ2) is 27.2. The molecule has 0 spiro atoms. The molecular formula is C51H62O27. The summed E-state index contributed by atoms with van der Waals surface area (Å²) < 4.78 is 78.3. The molecule has 0 saturated carbocycles. The molecule has 0 bridgehead atoms. The summed E-state index contributed by atoms with van der Waals surface area (Å²) in [4.78, 5) is 40.7. The molecule has 27 heteroatoms. The zero-order valence-electron chi connectivity index (χ0n) is 42.8. The van der Waals surface area contributed by atoms with Gasteiger partial charge in [-0.1, -0.05) is 6.07 Å². The quantitative estimate of drug-likeness (QED) is 0.0299. The summed E-state index contributed by atoms with van der Waals surface area (Å²) >= 11 is 0. The largest absolute Gasteiger partial charge is 0.504 e. The average molecular weight is 1110 g/mol. The van der Waals surface area contributed by atoms with Gasteiger partial charge in [0.1, 0.15) is 68.1 Å². The van der Waals surface area contributed by atoms with Crippen molar-refractivity contribution in [1.82, 2.24) is 0 Å². The predicted octanol–water partition coefficient (Wildman–Crippen LogP) is -1.32. The minimum atomic E-state index is -2.83. The van der Waals surface area contributed by atoms with Gasteiger partial charge in [0.15, 0.2) is 59.3 Å². The minimum Gasteiger partial charge on any atom is -0.504 e. The van der Waals surface area contributed by atoms with Crippen LogP contribution in [0, 0.1) is 0 Å². The van der Waals surface area contributed by atoms with Crippen LogP contribution in [0.5, 0.6) is 46.0 Å². The molecule has 3 aliphatic rings. The number of carbonyl (C=O) groups excluding carboxylic acids is 3. The Labute approximate surface area is 445 Å². The third-order valence-corrected chi connectivity index (χ3v) is 12.5. The summed E-state index contributed by atoms with van der Waals surface area (Å²) in [7, 11) is 8.00. The van der Waals surface area contributed by atoms with E-state index >= 15 is 0 Å². The zero-order chi connectivity index (χ0) is 57.0. The predicted molar refractivity (Wildman–Crippen MR) is 262 cm³/mol. The topological polar surface area (TPSA) is 383 Å². The number of carbonyl (C=O) groups is 3. The van der Waals surface area contributed by atoms with Gasteiger partial charge in [-0.25, -0.2) is 14.4 Å². The van der Waals surface area contributed by atoms with Crippen molar-refractivity contribution in [1.29, 1.82) is 0 Å². The fourth-order valence-corrected chi connectivity index (χ4v) is 8.39. The number of esters is 3. The molecule has 0 aliphatic carbocycles. The van der Waals surface area contributed by atoms with Crippen molar-refractivity contribution in [2.45, 2.75) is 85.5 Å². The number of rotatable bonds is 23. The first-order valence-corrected chi connectivity index (χ1v) is 23.6. The van der Waals surface area contributed by atoms with E-state index in [1.54, 1.807) is 0 Å². The van der Waals surface area contributed by atoms with Crippen LogP contribution in [0.25, 0.3) is 18.2 Å². The third-order valence-electron chi connectivity index (χ3n) is 12.5. The average Bonchev–Trinajstić information content (AvgIpc) is 3.97. The molecule has 3 fully saturated rings. The van der Waals surface area contributed by atoms with E-state index < -0.39 is 130 Å². The standard InChI is InChI=1S/C51H62O27/c1-65-28-15-24(7-11-27(28)55)8-13-37(57)74-46-34(21-53)77-51(23-54,48(46)75-38(58)14-10-26-18-31(68-4)45(70-6)32(19-26)69-5)78-50-47(76-49-44(64)42(62)40(60)33(20-52)72-49)43(63)41(61)35(73-50)22-71-36(56)12-9-25-16-29(66-2)39(59)30(17-25)67-3/h7-19,33-35,40-44,46-50,52-55,59-64H,20-23H2,1-6H3/b12-9-,13-8-,14-10+/t33-,34-,35-,40-,41-,42+,43+,44-,46-,47-,48+,49+,50-,51+/m1/s1. The van der Waals surface area contributed by atoms with Crippen molar-refractivity contribution >= 4 is 36.1 Å². The normalized spacial score (nSPS) is 29.1. The number of methoxy groups -OCH3 is 6. The summed E-state index contributed by atoms with van der Waals surface area (Å²) in [5.41, 5.74) is 0.952. The molecule has 10 N–H and O–H groups in total. The number of aliphatic hydroxyl groups is 8. The molecule has 0 aromatic heterocycles. The van der Waals surface area contributed by atoms with E-state index in [9.17, 15) is 65.4 Å². The van der Waals surface area contributed by atoms with Crippen LogP contribution in [-0.2, 0) is 52.3 Å². The van der Waals surface area contributed by atoms with Gasteiger partial charge in [0.25, 0.3) is 0 Å². The van der Waals surface area contributed by atoms with Gasteiger partial charge in [0.05, 0.1) is 55.9 Å². The number of benzene rings is 3. The van der Waals surface area contributed by atoms with Crippen molar-refractivity contribution in [3.05, 3.63) is 77.4 Å². The van der Waals surface area contributed by atoms with Crippen LogP contribution >= 0.6 is 0 Å². The summed E-state index contributed by atoms with van der Waals surface area (Å²) in [5, 5.41) is 108. The smallest absolute Gasteiger partial charge is 0.331 e. The van der Waals surface area contributed by atoms with Gasteiger partial charge in [0, 0.05) is 18.2 Å². The van der Waals surface area contributed by atoms with Crippen molar-refractivity contribution in [3.8, 4) is 46.0 Å². The summed E-state index contributed by atoms with van der Waals surface area (Å²) in [6, 6.07) is 9.84. The van der Waals surface area contributed by atoms with Crippen molar-refractivity contribution in [2.24, 2.45) is 0 Å². The fourth-order valence-electron chi connectivity index (χ4n) is 8.39. The number of hydrogen-bond acceptors (Lipinski definition) is 27. The Morgan fingerprint density at radius 3 is 1.62 bits per heavy atom. The van der Waals surface area contributed by atoms with E-state index in [2.05, 4.69) is 0 Å². The SMILES string of the molecule is COc1cc(/C=C\C(=O)O[C@@H]2[C@@H](CO)O[C@@](CO)(O[C@H]3O[C@H](COC(=O)/C=C\c4cc(OC)c(O)c(OC)c4)[C@@H](O)[C@H](O)[C@H]3O[C@@H]3O[C@H](CO)[C@@H](O)[C@H](O)[C@H]3O)[C@H]2OC(=O)/C=C/c2cc(OC)c(OC)c(OC)c2)ccc1O. The molecule has 3 saturated heterocycles. The van der Waals surface area contributed by atoms with Gasteiger partial charge in [-0.2, -0.15) is 0 Å². The molecular weight excluding hydrogens is 1040 g/mol. The first kappa shape index (κ1) is 60.4. The molecule has 3 aromatic carbocycles. The van der Waals surface area contributed by atoms with Gasteiger partial charge in [-0.3, -0.25) is 0 Å². The van der Waals surface area contributed by atoms with E-state index in [-0.39, 0.29) is 46.0 Å². The maximum atomic E-state index is 14.0. The van der Waals surface area contributed by atoms with E-state index in [4.69, 9.17) is 66.3 Å². The van der Waals surface area contributed by atoms with Crippen LogP contribution in [0.4, 0.5) is 0 Å². The lowest BCUT2D eigenvalue weighted by Crippen LogP contribution is -2.66. The van der Waals surface area contributed by atoms with E-state index in [1.807, 2.05) is 0 Å². The highest BCUT2D eigenvalue weighted by Crippen LogP contribution is 2.42. The van der Waals surface area contributed by atoms with Crippen LogP contribution in [0.3, 0.4) is 0 Å². The van der Waals surface area contributed by atoms with Gasteiger partial charge in [-0.05, 0) is 71.3 Å². The molecule has 14 atom stereocenters. The maximum absolute atomic E-state index is 14.0. The number of hydrogen-bond donors (Lipinski definition) is 10. The van der Waals surface area contributed by atoms with Crippen molar-refractivity contribution in [2.75, 3.05) is 69.1 Å². The van der Waals surface area contributed by atoms with Crippen LogP contribution in [0.2, 0.25) is 0 Å². The fraction of sp³-hybridized carbons (Fsp3) is 0.471. The molecule has 0 amide bonds. The maximum Gasteiger partial charge on any atom is 0.331 e. The highest BCUT2D eigenvalue weighted by atomic mass is 16.8. The zero-order valence-corrected chi connectivity index (χ0v) is 42.8. The Kier molecular flexibility index (Phi) is 21.0. The van der Waals surface area contributed by atoms with Crippen LogP contribution in [0.1, 0.15) is 16.7 Å². The molecule has 6 rings (SSSR count). The Hall–Kier alpha value is -6.83. The number of aliphatic hydroxyl groups excluding tert-OH is 8. The molecule has 3 aliphatic heterocycles. The lowest BCUT2D eigenvalue weighted by Gasteiger charge is -2.47. The molecule has 0 radical (unpaired) electrons. The highest BCUT2D eigenvalue weighted by Gasteiger charge is 2.63. The molecule has 3 aromatic rings. The summed E-state index contributed by atoms with van der Waals surface area (Å²) in [5.74, 6) is -6.02. The van der Waals surface area contributed by atoms with Gasteiger partial charge in [-0.15, -0.1) is 0 Å². The first-order valence-electron chi connectivity index (χ1n) is 23.6. The number of phenolic OH excluding ortho intramolecular Hbond substituents is 2. The Morgan fingerprint density at radius 2 is 1.06 bits per heavy atom. The highest BCUT2D eigenvalue weighted by molar-refractivity contribution is 5.89. The van der Waals surface area contributed by atoms with Crippen molar-refractivity contribution in [3.63, 3.8) is 0 Å². The van der Waals surface area contributed by atoms with Crippen LogP contribution < -0.4 is 28.4 Å². The van der Waals surface area contributed by atoms with Gasteiger partial charge < -0.3 is 117 Å². The molecule has 0 unspecified atom stereocenters. The molecule has 3 heterocycles. The summed E-state index contributed by atoms with van der Waals surface area (Å²) in [6.07, 6.45) is -19.3. The van der Waals surface area contributed by atoms with E-state index in [0.717, 1.165) is 18.2 Å². The lowest BCUT2D eigenvalue weighted by atomic mass is 9.97. The van der Waals surface area contributed by atoms with Crippen molar-refractivity contribution < 1.29 is 132 Å². The number of aromatic hydroxyl groups is 2. The molecule has 78 heavy (non-hydrogen) atoms. The lowest BCUT2D eigenvalue weighted by molar-refractivity contribution is -0.408.